The molecule has 3 heterocycles. The van der Waals surface area contributed by atoms with Crippen molar-refractivity contribution < 1.29 is 14.9 Å². The number of aromatic hydroxyl groups is 1. The van der Waals surface area contributed by atoms with Crippen molar-refractivity contribution in [3.8, 4) is 11.5 Å². The number of nitrogens with zero attached hydrogens (tertiary/aromatic N) is 1. The molecule has 1 spiro atoms. The van der Waals surface area contributed by atoms with Crippen LogP contribution in [0.4, 0.5) is 0 Å². The van der Waals surface area contributed by atoms with Gasteiger partial charge in [0.2, 0.25) is 0 Å². The van der Waals surface area contributed by atoms with Crippen LogP contribution >= 0.6 is 0 Å². The fourth-order valence-corrected chi connectivity index (χ4v) is 7.79. The first-order chi connectivity index (χ1) is 16.4. The van der Waals surface area contributed by atoms with Gasteiger partial charge in [0.05, 0.1) is 16.7 Å². The lowest BCUT2D eigenvalue weighted by atomic mass is 9.49. The number of phenolic OH excluding ortho intramolecular Hbond substituents is 1. The quantitative estimate of drug-likeness (QED) is 0.307. The number of likely N-dealkylation sites (tertiary alicyclic amines) is 1. The van der Waals surface area contributed by atoms with Crippen molar-refractivity contribution in [3.05, 3.63) is 58.3 Å². The summed E-state index contributed by atoms with van der Waals surface area (Å²) in [7, 11) is 0. The van der Waals surface area contributed by atoms with Gasteiger partial charge in [0, 0.05) is 41.0 Å². The number of hydrogen-bond donors (Lipinski definition) is 5. The van der Waals surface area contributed by atoms with E-state index in [1.165, 1.54) is 18.4 Å². The summed E-state index contributed by atoms with van der Waals surface area (Å²) < 4.78 is 6.61. The number of nitrogen functional groups attached to an aromatic ring is 1. The molecular weight excluding hydrogens is 428 g/mol. The molecule has 1 aromatic heterocycles. The topological polar surface area (TPSA) is 119 Å². The third-order valence-electron chi connectivity index (χ3n) is 9.47. The first-order valence-corrected chi connectivity index (χ1v) is 12.4. The van der Waals surface area contributed by atoms with Crippen LogP contribution < -0.4 is 10.5 Å². The Hall–Kier alpha value is -3.03. The highest BCUT2D eigenvalue weighted by atomic mass is 16.5. The molecule has 2 aliphatic heterocycles. The zero-order valence-electron chi connectivity index (χ0n) is 18.9. The van der Waals surface area contributed by atoms with E-state index in [1.54, 1.807) is 6.07 Å². The number of phenols is 1. The zero-order valence-corrected chi connectivity index (χ0v) is 18.9. The van der Waals surface area contributed by atoms with Crippen LogP contribution in [0, 0.1) is 11.3 Å². The maximum atomic E-state index is 12.8. The van der Waals surface area contributed by atoms with Crippen molar-refractivity contribution in [2.45, 2.75) is 55.3 Å². The first kappa shape index (κ1) is 19.3. The Labute approximate surface area is 197 Å². The molecule has 4 atom stereocenters. The molecule has 2 fully saturated rings. The number of benzene rings is 2. The lowest BCUT2D eigenvalue weighted by Gasteiger charge is -2.62. The number of aromatic nitrogens is 1. The smallest absolute Gasteiger partial charge is 0.166 e. The van der Waals surface area contributed by atoms with Gasteiger partial charge in [-0.25, -0.2) is 0 Å². The van der Waals surface area contributed by atoms with Crippen molar-refractivity contribution in [2.75, 3.05) is 13.1 Å². The summed E-state index contributed by atoms with van der Waals surface area (Å²) in [6.07, 6.45) is 4.27. The van der Waals surface area contributed by atoms with Gasteiger partial charge in [-0.3, -0.25) is 10.3 Å². The average molecular weight is 457 g/mol. The number of hydrogen-bond acceptors (Lipinski definition) is 5. The molecule has 0 radical (unpaired) electrons. The molecule has 2 bridgehead atoms. The van der Waals surface area contributed by atoms with E-state index < -0.39 is 11.0 Å². The van der Waals surface area contributed by atoms with Crippen molar-refractivity contribution in [1.82, 2.24) is 9.88 Å². The van der Waals surface area contributed by atoms with E-state index >= 15 is 0 Å². The van der Waals surface area contributed by atoms with Crippen LogP contribution in [0.2, 0.25) is 0 Å². The molecule has 5 aliphatic rings. The average Bonchev–Trinajstić information content (AvgIpc) is 3.45. The van der Waals surface area contributed by atoms with Crippen LogP contribution in [0.25, 0.3) is 10.9 Å². The minimum absolute atomic E-state index is 0.00466. The largest absolute Gasteiger partial charge is 0.504 e. The van der Waals surface area contributed by atoms with E-state index in [0.29, 0.717) is 17.7 Å². The number of amidine groups is 1. The van der Waals surface area contributed by atoms with Gasteiger partial charge < -0.3 is 25.7 Å². The molecule has 174 valence electrons. The summed E-state index contributed by atoms with van der Waals surface area (Å²) in [4.78, 5) is 6.13. The van der Waals surface area contributed by atoms with Gasteiger partial charge in [-0.2, -0.15) is 0 Å². The second-order valence-corrected chi connectivity index (χ2v) is 11.1. The normalized spacial score (nSPS) is 32.9. The van der Waals surface area contributed by atoms with E-state index in [9.17, 15) is 10.2 Å². The van der Waals surface area contributed by atoms with Gasteiger partial charge in [0.25, 0.3) is 0 Å². The van der Waals surface area contributed by atoms with Crippen molar-refractivity contribution in [1.29, 1.82) is 5.41 Å². The van der Waals surface area contributed by atoms with E-state index in [2.05, 4.69) is 9.88 Å². The Balaban J connectivity index is 1.40. The van der Waals surface area contributed by atoms with Crippen LogP contribution in [0.3, 0.4) is 0 Å². The van der Waals surface area contributed by atoms with Crippen LogP contribution in [-0.4, -0.2) is 50.7 Å². The predicted molar refractivity (Wildman–Crippen MR) is 128 cm³/mol. The van der Waals surface area contributed by atoms with Gasteiger partial charge >= 0.3 is 0 Å². The molecule has 8 rings (SSSR count). The van der Waals surface area contributed by atoms with Gasteiger partial charge in [-0.15, -0.1) is 0 Å². The number of H-pyrrole nitrogens is 1. The van der Waals surface area contributed by atoms with Gasteiger partial charge in [-0.1, -0.05) is 6.07 Å². The minimum Gasteiger partial charge on any atom is -0.504 e. The predicted octanol–water partition coefficient (Wildman–Crippen LogP) is 2.86. The number of nitrogens with two attached hydrogens (primary N) is 1. The third-order valence-corrected chi connectivity index (χ3v) is 9.47. The lowest BCUT2D eigenvalue weighted by Crippen LogP contribution is -2.74. The molecule has 6 N–H and O–H groups in total. The minimum atomic E-state index is -1.01. The Morgan fingerprint density at radius 1 is 1.26 bits per heavy atom. The number of aliphatic hydroxyl groups is 1. The highest BCUT2D eigenvalue weighted by Crippen LogP contribution is 2.69. The third kappa shape index (κ3) is 2.10. The Bertz CT molecular complexity index is 1420. The summed E-state index contributed by atoms with van der Waals surface area (Å²) in [5, 5.41) is 32.5. The fraction of sp³-hybridized carbons (Fsp3) is 0.444. The van der Waals surface area contributed by atoms with E-state index in [-0.39, 0.29) is 23.7 Å². The number of aromatic amines is 1. The highest BCUT2D eigenvalue weighted by molar-refractivity contribution is 5.99. The maximum Gasteiger partial charge on any atom is 0.166 e. The summed E-state index contributed by atoms with van der Waals surface area (Å²) in [6, 6.07) is 9.57. The Kier molecular flexibility index (Phi) is 3.38. The van der Waals surface area contributed by atoms with Gasteiger partial charge in [-0.05, 0) is 73.5 Å². The molecule has 0 amide bonds. The second kappa shape index (κ2) is 5.96. The van der Waals surface area contributed by atoms with E-state index in [4.69, 9.17) is 15.9 Å². The molecule has 1 saturated heterocycles. The fourth-order valence-electron chi connectivity index (χ4n) is 7.79. The number of ether oxygens (including phenoxy) is 1. The Morgan fingerprint density at radius 2 is 2.12 bits per heavy atom. The number of fused-ring (bicyclic) bond motifs is 4. The standard InChI is InChI=1S/C27H28N4O3/c28-25(29)15-3-5-18-16(9-15)17-11-27(33)20-10-14-4-6-19(32)23-21(14)26(27,24(34-23)22(17)30-18)7-8-31(20)12-13-1-2-13/h3-6,9,13,20,24,30,32-33H,1-2,7-8,10-12H2,(H3,28,29)/t20-,24-,26-,27+/m0/s1. The van der Waals surface area contributed by atoms with Crippen molar-refractivity contribution in [3.63, 3.8) is 0 Å². The molecule has 7 nitrogen and oxygen atoms in total. The Morgan fingerprint density at radius 3 is 2.91 bits per heavy atom. The van der Waals surface area contributed by atoms with Crippen LogP contribution in [0.5, 0.6) is 11.5 Å². The molecule has 3 aromatic rings. The first-order valence-electron chi connectivity index (χ1n) is 12.4. The molecule has 0 unspecified atom stereocenters. The van der Waals surface area contributed by atoms with Crippen molar-refractivity contribution >= 4 is 16.7 Å². The second-order valence-electron chi connectivity index (χ2n) is 11.1. The summed E-state index contributed by atoms with van der Waals surface area (Å²) in [6.45, 7) is 1.98. The molecular formula is C27H28N4O3. The monoisotopic (exact) mass is 456 g/mol. The van der Waals surface area contributed by atoms with Crippen molar-refractivity contribution in [2.24, 2.45) is 11.7 Å². The molecule has 2 aromatic carbocycles. The highest BCUT2D eigenvalue weighted by Gasteiger charge is 2.72. The summed E-state index contributed by atoms with van der Waals surface area (Å²) in [5.41, 5.74) is 10.1. The van der Waals surface area contributed by atoms with Crippen LogP contribution in [-0.2, 0) is 18.3 Å². The van der Waals surface area contributed by atoms with Gasteiger partial charge in [0.1, 0.15) is 5.84 Å². The zero-order chi connectivity index (χ0) is 23.0. The molecule has 3 aliphatic carbocycles. The summed E-state index contributed by atoms with van der Waals surface area (Å²) in [5.74, 6) is 1.48. The number of rotatable bonds is 3. The van der Waals surface area contributed by atoms with Crippen LogP contribution in [0.15, 0.2) is 30.3 Å². The van der Waals surface area contributed by atoms with Gasteiger partial charge in [0.15, 0.2) is 17.6 Å². The SMILES string of the molecule is N=C(N)c1ccc2[nH]c3c(c2c1)C[C@@]1(O)[C@@H]2Cc4ccc(O)c5c4[C@@]1(CCN2CC1CC1)[C@H]3O5. The van der Waals surface area contributed by atoms with E-state index in [0.717, 1.165) is 59.6 Å². The molecule has 34 heavy (non-hydrogen) atoms. The lowest BCUT2D eigenvalue weighted by molar-refractivity contribution is -0.173. The molecule has 7 heteroatoms. The van der Waals surface area contributed by atoms with Crippen LogP contribution in [0.1, 0.15) is 53.3 Å². The molecule has 1 saturated carbocycles. The maximum absolute atomic E-state index is 12.8. The number of piperidine rings is 1. The van der Waals surface area contributed by atoms with E-state index in [1.807, 2.05) is 24.3 Å². The number of nitrogens with one attached hydrogen (secondary N) is 2. The summed E-state index contributed by atoms with van der Waals surface area (Å²) >= 11 is 0.